The Bertz CT molecular complexity index is 800. The molecule has 23 heavy (non-hydrogen) atoms. The van der Waals surface area contributed by atoms with Crippen LogP contribution in [0.3, 0.4) is 0 Å². The van der Waals surface area contributed by atoms with Gasteiger partial charge in [0.2, 0.25) is 0 Å². The second kappa shape index (κ2) is 5.84. The van der Waals surface area contributed by atoms with E-state index in [1.54, 1.807) is 6.07 Å². The molecule has 1 fully saturated rings. The first-order valence-electron chi connectivity index (χ1n) is 7.79. The summed E-state index contributed by atoms with van der Waals surface area (Å²) < 4.78 is 16.0. The molecule has 120 valence electrons. The second-order valence-corrected chi connectivity index (χ2v) is 7.68. The molecule has 0 aliphatic heterocycles. The fraction of sp³-hybridized carbons (Fsp3) is 0.412. The van der Waals surface area contributed by atoms with Gasteiger partial charge in [-0.2, -0.15) is 9.78 Å². The van der Waals surface area contributed by atoms with Crippen LogP contribution in [-0.4, -0.2) is 21.9 Å². The Morgan fingerprint density at radius 2 is 2.13 bits per heavy atom. The van der Waals surface area contributed by atoms with E-state index in [0.717, 1.165) is 27.7 Å². The molecule has 0 spiro atoms. The maximum Gasteiger partial charge on any atom is 0.280 e. The van der Waals surface area contributed by atoms with Crippen molar-refractivity contribution in [2.75, 3.05) is 0 Å². The van der Waals surface area contributed by atoms with Crippen molar-refractivity contribution in [1.82, 2.24) is 9.78 Å². The van der Waals surface area contributed by atoms with Gasteiger partial charge in [-0.25, -0.2) is 4.39 Å². The Morgan fingerprint density at radius 1 is 1.35 bits per heavy atom. The number of nitrogens with zero attached hydrogens (tertiary/aromatic N) is 2. The lowest BCUT2D eigenvalue weighted by molar-refractivity contribution is 0.0938. The number of hydrogen-bond acceptors (Lipinski definition) is 2. The third-order valence-electron chi connectivity index (χ3n) is 4.63. The van der Waals surface area contributed by atoms with E-state index in [0.29, 0.717) is 35.0 Å². The SMILES string of the molecule is O=C(c1c(Cl)cccc1C1CC1)n1nc(I)c2c1CC(F)CC2. The molecular formula is C17H15ClFIN2O. The normalized spacial score (nSPS) is 20.4. The summed E-state index contributed by atoms with van der Waals surface area (Å²) in [5.74, 6) is 0.179. The van der Waals surface area contributed by atoms with E-state index in [1.165, 1.54) is 4.68 Å². The molecular weight excluding hydrogens is 430 g/mol. The summed E-state index contributed by atoms with van der Waals surface area (Å²) >= 11 is 8.45. The van der Waals surface area contributed by atoms with Gasteiger partial charge < -0.3 is 0 Å². The van der Waals surface area contributed by atoms with E-state index in [4.69, 9.17) is 11.6 Å². The van der Waals surface area contributed by atoms with Crippen LogP contribution in [0.5, 0.6) is 0 Å². The maximum atomic E-state index is 13.8. The average molecular weight is 445 g/mol. The van der Waals surface area contributed by atoms with Crippen molar-refractivity contribution in [3.63, 3.8) is 0 Å². The fourth-order valence-corrected chi connectivity index (χ4v) is 4.36. The molecule has 1 heterocycles. The van der Waals surface area contributed by atoms with Gasteiger partial charge in [0.25, 0.3) is 5.91 Å². The van der Waals surface area contributed by atoms with Crippen molar-refractivity contribution in [3.8, 4) is 0 Å². The molecule has 3 nitrogen and oxygen atoms in total. The Kier molecular flexibility index (Phi) is 3.96. The highest BCUT2D eigenvalue weighted by molar-refractivity contribution is 14.1. The van der Waals surface area contributed by atoms with E-state index < -0.39 is 6.17 Å². The molecule has 1 aromatic carbocycles. The largest absolute Gasteiger partial charge is 0.280 e. The quantitative estimate of drug-likeness (QED) is 0.638. The first-order chi connectivity index (χ1) is 11.1. The minimum atomic E-state index is -0.907. The van der Waals surface area contributed by atoms with Crippen molar-refractivity contribution in [2.45, 2.75) is 44.2 Å². The van der Waals surface area contributed by atoms with Gasteiger partial charge in [-0.1, -0.05) is 23.7 Å². The molecule has 6 heteroatoms. The van der Waals surface area contributed by atoms with Crippen molar-refractivity contribution >= 4 is 40.1 Å². The summed E-state index contributed by atoms with van der Waals surface area (Å²) in [6, 6.07) is 5.59. The predicted molar refractivity (Wildman–Crippen MR) is 95.0 cm³/mol. The molecule has 2 aliphatic carbocycles. The molecule has 1 atom stereocenters. The van der Waals surface area contributed by atoms with Gasteiger partial charge in [-0.3, -0.25) is 4.79 Å². The number of rotatable bonds is 2. The lowest BCUT2D eigenvalue weighted by atomic mass is 9.96. The summed E-state index contributed by atoms with van der Waals surface area (Å²) in [4.78, 5) is 13.1. The number of halogens is 3. The molecule has 0 saturated heterocycles. The Morgan fingerprint density at radius 3 is 2.87 bits per heavy atom. The van der Waals surface area contributed by atoms with Gasteiger partial charge in [0.15, 0.2) is 0 Å². The van der Waals surface area contributed by atoms with E-state index in [1.807, 2.05) is 12.1 Å². The smallest absolute Gasteiger partial charge is 0.267 e. The number of carbonyl (C=O) groups is 1. The van der Waals surface area contributed by atoms with Crippen molar-refractivity contribution in [1.29, 1.82) is 0 Å². The number of fused-ring (bicyclic) bond motifs is 1. The number of benzene rings is 1. The zero-order chi connectivity index (χ0) is 16.1. The van der Waals surface area contributed by atoms with Crippen LogP contribution < -0.4 is 0 Å². The molecule has 1 unspecified atom stereocenters. The highest BCUT2D eigenvalue weighted by Crippen LogP contribution is 2.43. The highest BCUT2D eigenvalue weighted by Gasteiger charge is 2.33. The molecule has 2 aliphatic rings. The summed E-state index contributed by atoms with van der Waals surface area (Å²) in [6.45, 7) is 0. The standard InChI is InChI=1S/C17H15ClFIN2O/c18-13-3-1-2-11(9-4-5-9)15(13)17(23)22-14-8-10(19)6-7-12(14)16(20)21-22/h1-3,9-10H,4-8H2. The molecule has 0 amide bonds. The third-order valence-corrected chi connectivity index (χ3v) is 5.81. The van der Waals surface area contributed by atoms with Gasteiger partial charge in [0.1, 0.15) is 9.87 Å². The van der Waals surface area contributed by atoms with Gasteiger partial charge in [-0.05, 0) is 65.8 Å². The van der Waals surface area contributed by atoms with Gasteiger partial charge >= 0.3 is 0 Å². The van der Waals surface area contributed by atoms with E-state index in [2.05, 4.69) is 27.7 Å². The first kappa shape index (κ1) is 15.6. The molecule has 2 aromatic rings. The maximum absolute atomic E-state index is 13.8. The minimum Gasteiger partial charge on any atom is -0.267 e. The summed E-state index contributed by atoms with van der Waals surface area (Å²) in [5.41, 5.74) is 3.24. The number of alkyl halides is 1. The monoisotopic (exact) mass is 444 g/mol. The highest BCUT2D eigenvalue weighted by atomic mass is 127. The van der Waals surface area contributed by atoms with E-state index >= 15 is 0 Å². The zero-order valence-corrected chi connectivity index (χ0v) is 15.3. The zero-order valence-electron chi connectivity index (χ0n) is 12.4. The lowest BCUT2D eigenvalue weighted by Crippen LogP contribution is -2.23. The number of carbonyl (C=O) groups excluding carboxylic acids is 1. The molecule has 0 N–H and O–H groups in total. The summed E-state index contributed by atoms with van der Waals surface area (Å²) in [6.07, 6.45) is 2.66. The van der Waals surface area contributed by atoms with Crippen LogP contribution in [0.1, 0.15) is 52.4 Å². The van der Waals surface area contributed by atoms with E-state index in [9.17, 15) is 9.18 Å². The average Bonchev–Trinajstić information content (AvgIpc) is 3.31. The van der Waals surface area contributed by atoms with Gasteiger partial charge in [0, 0.05) is 12.0 Å². The molecule has 1 aromatic heterocycles. The van der Waals surface area contributed by atoms with Crippen LogP contribution >= 0.6 is 34.2 Å². The Balaban J connectivity index is 1.82. The van der Waals surface area contributed by atoms with Gasteiger partial charge in [-0.15, -0.1) is 0 Å². The first-order valence-corrected chi connectivity index (χ1v) is 9.25. The Hall–Kier alpha value is -0.950. The molecule has 0 radical (unpaired) electrons. The summed E-state index contributed by atoms with van der Waals surface area (Å²) in [5, 5.41) is 4.84. The molecule has 1 saturated carbocycles. The lowest BCUT2D eigenvalue weighted by Gasteiger charge is -2.17. The topological polar surface area (TPSA) is 34.9 Å². The van der Waals surface area contributed by atoms with Crippen LogP contribution in [0.25, 0.3) is 0 Å². The fourth-order valence-electron chi connectivity index (χ4n) is 3.30. The number of hydrogen-bond donors (Lipinski definition) is 0. The summed E-state index contributed by atoms with van der Waals surface area (Å²) in [7, 11) is 0. The Labute approximate surface area is 152 Å². The van der Waals surface area contributed by atoms with Crippen LogP contribution in [0.2, 0.25) is 5.02 Å². The predicted octanol–water partition coefficient (Wildman–Crippen LogP) is 4.53. The van der Waals surface area contributed by atoms with Crippen LogP contribution in [0.4, 0.5) is 4.39 Å². The van der Waals surface area contributed by atoms with Crippen molar-refractivity contribution in [2.24, 2.45) is 0 Å². The molecule has 0 bridgehead atoms. The minimum absolute atomic E-state index is 0.231. The molecule has 4 rings (SSSR count). The van der Waals surface area contributed by atoms with Crippen LogP contribution in [0.15, 0.2) is 18.2 Å². The number of aromatic nitrogens is 2. The van der Waals surface area contributed by atoms with Crippen LogP contribution in [-0.2, 0) is 12.8 Å². The van der Waals surface area contributed by atoms with Gasteiger partial charge in [0.05, 0.1) is 16.3 Å². The van der Waals surface area contributed by atoms with Crippen molar-refractivity contribution < 1.29 is 9.18 Å². The van der Waals surface area contributed by atoms with Crippen LogP contribution in [0, 0.1) is 3.70 Å². The van der Waals surface area contributed by atoms with Crippen molar-refractivity contribution in [3.05, 3.63) is 49.3 Å². The second-order valence-electron chi connectivity index (χ2n) is 6.25. The third kappa shape index (κ3) is 2.71. The van der Waals surface area contributed by atoms with E-state index in [-0.39, 0.29) is 12.3 Å².